The zero-order chi connectivity index (χ0) is 38.1. The predicted octanol–water partition coefficient (Wildman–Crippen LogP) is 14.9. The van der Waals surface area contributed by atoms with Crippen molar-refractivity contribution in [2.24, 2.45) is 0 Å². The molecule has 0 saturated carbocycles. The van der Waals surface area contributed by atoms with Crippen molar-refractivity contribution >= 4 is 27.8 Å². The van der Waals surface area contributed by atoms with Crippen LogP contribution in [-0.2, 0) is 16.2 Å². The molecule has 0 amide bonds. The van der Waals surface area contributed by atoms with Gasteiger partial charge in [-0.3, -0.25) is 0 Å². The van der Waals surface area contributed by atoms with Crippen molar-refractivity contribution in [3.05, 3.63) is 197 Å². The lowest BCUT2D eigenvalue weighted by atomic mass is 9.79. The van der Waals surface area contributed by atoms with Crippen molar-refractivity contribution in [2.45, 2.75) is 57.8 Å². The van der Waals surface area contributed by atoms with E-state index < -0.39 is 0 Å². The van der Waals surface area contributed by atoms with Crippen molar-refractivity contribution in [1.82, 2.24) is 0 Å². The Hall–Kier alpha value is -6.18. The number of anilines is 3. The normalized spacial score (nSPS) is 15.8. The van der Waals surface area contributed by atoms with E-state index in [4.69, 9.17) is 0 Å². The minimum Gasteiger partial charge on any atom is -0.310 e. The summed E-state index contributed by atoms with van der Waals surface area (Å²) in [5.41, 5.74) is 22.0. The van der Waals surface area contributed by atoms with Crippen LogP contribution in [0.15, 0.2) is 164 Å². The van der Waals surface area contributed by atoms with Gasteiger partial charge in [-0.05, 0) is 120 Å². The topological polar surface area (TPSA) is 3.24 Å². The Morgan fingerprint density at radius 1 is 0.321 bits per heavy atom. The van der Waals surface area contributed by atoms with Gasteiger partial charge in [0.25, 0.3) is 0 Å². The first-order chi connectivity index (χ1) is 27.0. The second-order valence-corrected chi connectivity index (χ2v) is 17.8. The largest absolute Gasteiger partial charge is 0.310 e. The zero-order valence-electron chi connectivity index (χ0n) is 33.0. The molecule has 0 aliphatic heterocycles. The Bertz CT molecular complexity index is 2830. The van der Waals surface area contributed by atoms with Crippen molar-refractivity contribution in [3.8, 4) is 44.5 Å². The summed E-state index contributed by atoms with van der Waals surface area (Å²) in [4.78, 5) is 2.56. The summed E-state index contributed by atoms with van der Waals surface area (Å²) in [6, 6.07) is 61.9. The third-order valence-corrected chi connectivity index (χ3v) is 13.6. The molecule has 270 valence electrons. The van der Waals surface area contributed by atoms with Gasteiger partial charge < -0.3 is 4.90 Å². The highest BCUT2D eigenvalue weighted by Crippen LogP contribution is 2.57. The van der Waals surface area contributed by atoms with Crippen molar-refractivity contribution < 1.29 is 0 Å². The number of hydrogen-bond acceptors (Lipinski definition) is 1. The zero-order valence-corrected chi connectivity index (χ0v) is 33.0. The fourth-order valence-corrected chi connectivity index (χ4v) is 10.8. The quantitative estimate of drug-likeness (QED) is 0.175. The van der Waals surface area contributed by atoms with Crippen LogP contribution in [0.5, 0.6) is 0 Å². The van der Waals surface area contributed by atoms with Crippen LogP contribution in [0, 0.1) is 0 Å². The number of benzene rings is 8. The predicted molar refractivity (Wildman–Crippen MR) is 237 cm³/mol. The summed E-state index contributed by atoms with van der Waals surface area (Å²) in [7, 11) is 0. The van der Waals surface area contributed by atoms with Crippen LogP contribution in [0.1, 0.15) is 74.9 Å². The maximum Gasteiger partial charge on any atom is 0.0546 e. The molecule has 56 heavy (non-hydrogen) atoms. The Kier molecular flexibility index (Phi) is 6.77. The van der Waals surface area contributed by atoms with E-state index in [-0.39, 0.29) is 16.2 Å². The van der Waals surface area contributed by atoms with Crippen molar-refractivity contribution in [2.75, 3.05) is 4.90 Å². The van der Waals surface area contributed by atoms with Crippen LogP contribution < -0.4 is 4.90 Å². The van der Waals surface area contributed by atoms with Crippen LogP contribution in [0.4, 0.5) is 17.1 Å². The van der Waals surface area contributed by atoms with Gasteiger partial charge in [0.1, 0.15) is 0 Å². The van der Waals surface area contributed by atoms with Gasteiger partial charge >= 0.3 is 0 Å². The Labute approximate surface area is 330 Å². The minimum absolute atomic E-state index is 0.116. The molecule has 1 nitrogen and oxygen atoms in total. The van der Waals surface area contributed by atoms with Gasteiger partial charge in [0, 0.05) is 33.0 Å². The second-order valence-electron chi connectivity index (χ2n) is 17.8. The molecule has 0 bridgehead atoms. The fourth-order valence-electron chi connectivity index (χ4n) is 10.8. The molecule has 0 aromatic heterocycles. The van der Waals surface area contributed by atoms with Gasteiger partial charge in [-0.15, -0.1) is 0 Å². The first-order valence-corrected chi connectivity index (χ1v) is 20.1. The van der Waals surface area contributed by atoms with Crippen LogP contribution in [0.3, 0.4) is 0 Å². The van der Waals surface area contributed by atoms with Crippen molar-refractivity contribution in [3.63, 3.8) is 0 Å². The molecule has 0 radical (unpaired) electrons. The summed E-state index contributed by atoms with van der Waals surface area (Å²) < 4.78 is 0. The van der Waals surface area contributed by atoms with E-state index in [2.05, 4.69) is 210 Å². The number of fused-ring (bicyclic) bond motifs is 11. The van der Waals surface area contributed by atoms with Crippen LogP contribution in [-0.4, -0.2) is 0 Å². The van der Waals surface area contributed by atoms with Crippen LogP contribution in [0.2, 0.25) is 0 Å². The molecule has 8 aromatic carbocycles. The maximum atomic E-state index is 2.56. The number of hydrogen-bond donors (Lipinski definition) is 0. The first-order valence-electron chi connectivity index (χ1n) is 20.1. The molecule has 11 rings (SSSR count). The molecule has 3 aliphatic rings. The van der Waals surface area contributed by atoms with Crippen LogP contribution >= 0.6 is 0 Å². The highest BCUT2D eigenvalue weighted by Gasteiger charge is 2.40. The standard InChI is InChI=1S/C55H45N/c1-53(2)46-22-14-12-18-38(46)40-28-25-36(31-49(40)53)56(37-26-29-41-39-19-13-15-23-47(39)54(3,4)50(41)32-37)51-33-45-42-27-24-35(34-16-8-7-9-17-34)30-48(42)55(5,6)52(45)44-21-11-10-20-43(44)51/h7-33H,1-6H3. The molecule has 8 aromatic rings. The lowest BCUT2D eigenvalue weighted by Gasteiger charge is -2.32. The summed E-state index contributed by atoms with van der Waals surface area (Å²) in [6.45, 7) is 14.4. The minimum atomic E-state index is -0.175. The van der Waals surface area contributed by atoms with Gasteiger partial charge in [0.15, 0.2) is 0 Å². The summed E-state index contributed by atoms with van der Waals surface area (Å²) in [5.74, 6) is 0. The van der Waals surface area contributed by atoms with Gasteiger partial charge in [-0.25, -0.2) is 0 Å². The van der Waals surface area contributed by atoms with E-state index in [1.54, 1.807) is 0 Å². The maximum absolute atomic E-state index is 2.56. The molecule has 0 fully saturated rings. The number of nitrogens with zero attached hydrogens (tertiary/aromatic N) is 1. The van der Waals surface area contributed by atoms with Gasteiger partial charge in [-0.2, -0.15) is 0 Å². The van der Waals surface area contributed by atoms with E-state index >= 15 is 0 Å². The van der Waals surface area contributed by atoms with Crippen molar-refractivity contribution in [1.29, 1.82) is 0 Å². The Morgan fingerprint density at radius 3 is 1.39 bits per heavy atom. The Morgan fingerprint density at radius 2 is 0.786 bits per heavy atom. The highest BCUT2D eigenvalue weighted by atomic mass is 15.1. The lowest BCUT2D eigenvalue weighted by molar-refractivity contribution is 0.660. The van der Waals surface area contributed by atoms with E-state index in [1.165, 1.54) is 106 Å². The average Bonchev–Trinajstić information content (AvgIpc) is 3.70. The second kappa shape index (κ2) is 11.4. The van der Waals surface area contributed by atoms with Gasteiger partial charge in [0.2, 0.25) is 0 Å². The molecule has 3 aliphatic carbocycles. The van der Waals surface area contributed by atoms with E-state index in [0.29, 0.717) is 0 Å². The van der Waals surface area contributed by atoms with E-state index in [9.17, 15) is 0 Å². The lowest BCUT2D eigenvalue weighted by Crippen LogP contribution is -2.19. The Balaban J connectivity index is 1.18. The summed E-state index contributed by atoms with van der Waals surface area (Å²) in [5, 5.41) is 2.58. The molecule has 0 N–H and O–H groups in total. The highest BCUT2D eigenvalue weighted by molar-refractivity contribution is 6.07. The molecule has 1 heteroatoms. The van der Waals surface area contributed by atoms with Gasteiger partial charge in [0.05, 0.1) is 5.69 Å². The molecular formula is C55H45N. The summed E-state index contributed by atoms with van der Waals surface area (Å²) >= 11 is 0. The SMILES string of the molecule is CC1(C)c2ccccc2-c2ccc(N(c3ccc4c(c3)C(C)(C)c3ccccc3-4)c3cc4c(c5ccccc35)C(C)(C)c3cc(-c5ccccc5)ccc3-4)cc21. The van der Waals surface area contributed by atoms with Crippen LogP contribution in [0.25, 0.3) is 55.3 Å². The van der Waals surface area contributed by atoms with Gasteiger partial charge in [-0.1, -0.05) is 169 Å². The third-order valence-electron chi connectivity index (χ3n) is 13.6. The average molecular weight is 720 g/mol. The molecule has 0 atom stereocenters. The molecule has 0 spiro atoms. The third kappa shape index (κ3) is 4.43. The fraction of sp³-hybridized carbons (Fsp3) is 0.164. The molecule has 0 heterocycles. The molecular weight excluding hydrogens is 675 g/mol. The monoisotopic (exact) mass is 719 g/mol. The summed E-state index contributed by atoms with van der Waals surface area (Å²) in [6.07, 6.45) is 0. The molecule has 0 saturated heterocycles. The smallest absolute Gasteiger partial charge is 0.0546 e. The van der Waals surface area contributed by atoms with E-state index in [1.807, 2.05) is 0 Å². The van der Waals surface area contributed by atoms with E-state index in [0.717, 1.165) is 0 Å². The number of rotatable bonds is 4. The molecule has 0 unspecified atom stereocenters. The first kappa shape index (κ1) is 33.2.